The highest BCUT2D eigenvalue weighted by Gasteiger charge is 2.29. The van der Waals surface area contributed by atoms with Crippen molar-refractivity contribution in [2.75, 3.05) is 0 Å². The molecular formula is C12H16F3NO. The number of rotatable bonds is 5. The Bertz CT molecular complexity index is 352. The lowest BCUT2D eigenvalue weighted by Crippen LogP contribution is -2.31. The summed E-state index contributed by atoms with van der Waals surface area (Å²) in [7, 11) is 0. The second-order valence-corrected chi connectivity index (χ2v) is 4.03. The molecule has 96 valence electrons. The third kappa shape index (κ3) is 5.19. The van der Waals surface area contributed by atoms with E-state index in [4.69, 9.17) is 5.11 Å². The van der Waals surface area contributed by atoms with E-state index in [1.54, 1.807) is 24.3 Å². The van der Waals surface area contributed by atoms with Crippen LogP contribution in [0.2, 0.25) is 0 Å². The zero-order valence-corrected chi connectivity index (χ0v) is 9.59. The maximum Gasteiger partial charge on any atom is 0.390 e. The van der Waals surface area contributed by atoms with Gasteiger partial charge in [0.25, 0.3) is 0 Å². The Balaban J connectivity index is 2.50. The predicted octanol–water partition coefficient (Wildman–Crippen LogP) is 2.61. The molecule has 0 aromatic heterocycles. The summed E-state index contributed by atoms with van der Waals surface area (Å²) in [5.74, 6) is 0. The van der Waals surface area contributed by atoms with Gasteiger partial charge in [0.2, 0.25) is 0 Å². The van der Waals surface area contributed by atoms with Crippen LogP contribution >= 0.6 is 0 Å². The zero-order valence-electron chi connectivity index (χ0n) is 9.59. The van der Waals surface area contributed by atoms with Gasteiger partial charge in [-0.25, -0.2) is 0 Å². The average Bonchev–Trinajstić information content (AvgIpc) is 2.24. The first-order valence-corrected chi connectivity index (χ1v) is 5.40. The Morgan fingerprint density at radius 2 is 1.82 bits per heavy atom. The van der Waals surface area contributed by atoms with Crippen LogP contribution in [0, 0.1) is 0 Å². The average molecular weight is 247 g/mol. The van der Waals surface area contributed by atoms with Crippen molar-refractivity contribution in [1.29, 1.82) is 0 Å². The minimum atomic E-state index is -4.15. The molecule has 0 amide bonds. The van der Waals surface area contributed by atoms with Crippen molar-refractivity contribution in [3.8, 4) is 0 Å². The molecule has 0 saturated carbocycles. The van der Waals surface area contributed by atoms with E-state index in [-0.39, 0.29) is 6.61 Å². The van der Waals surface area contributed by atoms with Gasteiger partial charge in [-0.1, -0.05) is 24.3 Å². The summed E-state index contributed by atoms with van der Waals surface area (Å²) in [5, 5.41) is 11.9. The monoisotopic (exact) mass is 247 g/mol. The lowest BCUT2D eigenvalue weighted by Gasteiger charge is -2.16. The minimum absolute atomic E-state index is 0.106. The fourth-order valence-corrected chi connectivity index (χ4v) is 1.59. The largest absolute Gasteiger partial charge is 0.392 e. The van der Waals surface area contributed by atoms with Crippen LogP contribution in [0.1, 0.15) is 24.5 Å². The normalized spacial score (nSPS) is 13.7. The summed E-state index contributed by atoms with van der Waals surface area (Å²) < 4.78 is 36.3. The van der Waals surface area contributed by atoms with Crippen molar-refractivity contribution in [3.63, 3.8) is 0 Å². The highest BCUT2D eigenvalue weighted by molar-refractivity contribution is 5.26. The summed E-state index contributed by atoms with van der Waals surface area (Å²) in [6.45, 7) is 1.72. The van der Waals surface area contributed by atoms with Gasteiger partial charge in [0, 0.05) is 12.6 Å². The summed E-state index contributed by atoms with van der Waals surface area (Å²) >= 11 is 0. The number of hydrogen-bond acceptors (Lipinski definition) is 2. The van der Waals surface area contributed by atoms with E-state index in [2.05, 4.69) is 5.32 Å². The van der Waals surface area contributed by atoms with E-state index in [0.717, 1.165) is 11.1 Å². The van der Waals surface area contributed by atoms with Crippen LogP contribution in [0.5, 0.6) is 0 Å². The molecule has 2 N–H and O–H groups in total. The molecule has 5 heteroatoms. The molecule has 0 spiro atoms. The van der Waals surface area contributed by atoms with E-state index in [1.807, 2.05) is 0 Å². The molecule has 17 heavy (non-hydrogen) atoms. The van der Waals surface area contributed by atoms with E-state index < -0.39 is 18.6 Å². The molecule has 0 heterocycles. The molecule has 0 aliphatic rings. The Morgan fingerprint density at radius 3 is 2.35 bits per heavy atom. The summed E-state index contributed by atoms with van der Waals surface area (Å²) in [5.41, 5.74) is 1.56. The van der Waals surface area contributed by atoms with Gasteiger partial charge in [-0.15, -0.1) is 0 Å². The van der Waals surface area contributed by atoms with Crippen LogP contribution in [-0.2, 0) is 13.2 Å². The second kappa shape index (κ2) is 6.02. The van der Waals surface area contributed by atoms with Crippen molar-refractivity contribution in [1.82, 2.24) is 5.32 Å². The van der Waals surface area contributed by atoms with Gasteiger partial charge in [0.1, 0.15) is 0 Å². The molecule has 1 unspecified atom stereocenters. The smallest absolute Gasteiger partial charge is 0.390 e. The Labute approximate surface area is 98.5 Å². The zero-order chi connectivity index (χ0) is 12.9. The predicted molar refractivity (Wildman–Crippen MR) is 59.3 cm³/mol. The van der Waals surface area contributed by atoms with Gasteiger partial charge < -0.3 is 10.4 Å². The van der Waals surface area contributed by atoms with Crippen molar-refractivity contribution in [3.05, 3.63) is 35.4 Å². The fraction of sp³-hybridized carbons (Fsp3) is 0.500. The Hall–Kier alpha value is -1.07. The molecule has 0 bridgehead atoms. The molecule has 0 aliphatic heterocycles. The van der Waals surface area contributed by atoms with E-state index in [0.29, 0.717) is 6.54 Å². The third-order valence-corrected chi connectivity index (χ3v) is 2.47. The van der Waals surface area contributed by atoms with Gasteiger partial charge in [0.05, 0.1) is 13.0 Å². The topological polar surface area (TPSA) is 32.3 Å². The molecule has 1 rings (SSSR count). The number of aliphatic hydroxyl groups excluding tert-OH is 1. The Kier molecular flexibility index (Phi) is 4.96. The molecular weight excluding hydrogens is 231 g/mol. The highest BCUT2D eigenvalue weighted by Crippen LogP contribution is 2.21. The first kappa shape index (κ1) is 14.0. The molecule has 0 aliphatic carbocycles. The van der Waals surface area contributed by atoms with Crippen LogP contribution in [0.25, 0.3) is 0 Å². The van der Waals surface area contributed by atoms with Crippen LogP contribution in [0.4, 0.5) is 13.2 Å². The molecule has 0 saturated heterocycles. The van der Waals surface area contributed by atoms with Gasteiger partial charge in [-0.05, 0) is 18.1 Å². The number of nitrogens with one attached hydrogen (secondary N) is 1. The van der Waals surface area contributed by atoms with Crippen molar-refractivity contribution in [2.24, 2.45) is 0 Å². The van der Waals surface area contributed by atoms with E-state index in [1.165, 1.54) is 6.92 Å². The van der Waals surface area contributed by atoms with Gasteiger partial charge in [-0.3, -0.25) is 0 Å². The quantitative estimate of drug-likeness (QED) is 0.838. The Morgan fingerprint density at radius 1 is 1.24 bits per heavy atom. The summed E-state index contributed by atoms with van der Waals surface area (Å²) in [4.78, 5) is 0. The van der Waals surface area contributed by atoms with Gasteiger partial charge in [0.15, 0.2) is 0 Å². The maximum atomic E-state index is 12.1. The molecule has 2 nitrogen and oxygen atoms in total. The number of halogens is 3. The number of alkyl halides is 3. The first-order valence-electron chi connectivity index (χ1n) is 5.40. The lowest BCUT2D eigenvalue weighted by molar-refractivity contribution is -0.139. The molecule has 1 atom stereocenters. The van der Waals surface area contributed by atoms with Crippen molar-refractivity contribution >= 4 is 0 Å². The van der Waals surface area contributed by atoms with Gasteiger partial charge >= 0.3 is 6.18 Å². The standard InChI is InChI=1S/C12H16F3NO/c1-9(6-12(13,14)15)16-7-10-4-2-3-5-11(10)8-17/h2-5,9,16-17H,6-8H2,1H3. The summed E-state index contributed by atoms with van der Waals surface area (Å²) in [6.07, 6.45) is -5.00. The first-order chi connectivity index (χ1) is 7.92. The SMILES string of the molecule is CC(CC(F)(F)F)NCc1ccccc1CO. The van der Waals surface area contributed by atoms with Crippen molar-refractivity contribution < 1.29 is 18.3 Å². The van der Waals surface area contributed by atoms with Crippen LogP contribution in [0.15, 0.2) is 24.3 Å². The summed E-state index contributed by atoms with van der Waals surface area (Å²) in [6, 6.07) is 6.49. The van der Waals surface area contributed by atoms with Crippen LogP contribution < -0.4 is 5.32 Å². The van der Waals surface area contributed by atoms with E-state index >= 15 is 0 Å². The molecule has 1 aromatic rings. The molecule has 1 aromatic carbocycles. The van der Waals surface area contributed by atoms with Crippen LogP contribution in [0.3, 0.4) is 0 Å². The number of benzene rings is 1. The van der Waals surface area contributed by atoms with Crippen molar-refractivity contribution in [2.45, 2.75) is 38.7 Å². The highest BCUT2D eigenvalue weighted by atomic mass is 19.4. The van der Waals surface area contributed by atoms with Gasteiger partial charge in [-0.2, -0.15) is 13.2 Å². The minimum Gasteiger partial charge on any atom is -0.392 e. The lowest BCUT2D eigenvalue weighted by atomic mass is 10.1. The number of aliphatic hydroxyl groups is 1. The van der Waals surface area contributed by atoms with E-state index in [9.17, 15) is 13.2 Å². The fourth-order valence-electron chi connectivity index (χ4n) is 1.59. The maximum absolute atomic E-state index is 12.1. The third-order valence-electron chi connectivity index (χ3n) is 2.47. The number of hydrogen-bond donors (Lipinski definition) is 2. The second-order valence-electron chi connectivity index (χ2n) is 4.03. The molecule has 0 fully saturated rings. The molecule has 0 radical (unpaired) electrons. The van der Waals surface area contributed by atoms with Crippen LogP contribution in [-0.4, -0.2) is 17.3 Å².